The zero-order chi connectivity index (χ0) is 12.3. The predicted octanol–water partition coefficient (Wildman–Crippen LogP) is 3.44. The zero-order valence-electron chi connectivity index (χ0n) is 10.9. The number of hydrogen-bond acceptors (Lipinski definition) is 1. The van der Waals surface area contributed by atoms with Crippen molar-refractivity contribution in [1.29, 1.82) is 0 Å². The Hall–Kier alpha value is -1.57. The molecule has 0 N–H and O–H groups in total. The first-order valence-electron chi connectivity index (χ1n) is 6.20. The molecule has 0 aliphatic rings. The Balaban J connectivity index is 2.03. The molecule has 2 rings (SSSR count). The van der Waals surface area contributed by atoms with Gasteiger partial charge in [0.15, 0.2) is 0 Å². The van der Waals surface area contributed by atoms with E-state index in [2.05, 4.69) is 56.3 Å². The molecule has 0 atom stereocenters. The molecule has 0 unspecified atom stereocenters. The summed E-state index contributed by atoms with van der Waals surface area (Å²) in [6, 6.07) is 8.62. The van der Waals surface area contributed by atoms with Crippen LogP contribution >= 0.6 is 0 Å². The molecule has 0 saturated carbocycles. The highest BCUT2D eigenvalue weighted by Crippen LogP contribution is 2.09. The minimum atomic E-state index is 0.687. The van der Waals surface area contributed by atoms with Gasteiger partial charge in [-0.1, -0.05) is 43.7 Å². The maximum Gasteiger partial charge on any atom is 0.0659 e. The van der Waals surface area contributed by atoms with Crippen LogP contribution in [0.5, 0.6) is 0 Å². The summed E-state index contributed by atoms with van der Waals surface area (Å²) in [5.41, 5.74) is 3.93. The minimum absolute atomic E-state index is 0.687. The van der Waals surface area contributed by atoms with Crippen molar-refractivity contribution in [2.24, 2.45) is 5.92 Å². The van der Waals surface area contributed by atoms with Crippen LogP contribution in [0.3, 0.4) is 0 Å². The quantitative estimate of drug-likeness (QED) is 0.784. The Kier molecular flexibility index (Phi) is 3.62. The van der Waals surface area contributed by atoms with Crippen LogP contribution < -0.4 is 0 Å². The van der Waals surface area contributed by atoms with E-state index in [1.807, 2.05) is 10.9 Å². The van der Waals surface area contributed by atoms with Crippen molar-refractivity contribution in [1.82, 2.24) is 9.78 Å². The van der Waals surface area contributed by atoms with E-state index in [1.165, 1.54) is 16.7 Å². The third-order valence-electron chi connectivity index (χ3n) is 2.80. The molecule has 1 heterocycles. The van der Waals surface area contributed by atoms with E-state index in [-0.39, 0.29) is 0 Å². The lowest BCUT2D eigenvalue weighted by Gasteiger charge is -2.03. The van der Waals surface area contributed by atoms with Crippen molar-refractivity contribution in [3.05, 3.63) is 53.3 Å². The molecule has 17 heavy (non-hydrogen) atoms. The molecule has 0 aliphatic heterocycles. The van der Waals surface area contributed by atoms with Gasteiger partial charge in [-0.25, -0.2) is 0 Å². The summed E-state index contributed by atoms with van der Waals surface area (Å²) in [5.74, 6) is 0.687. The van der Waals surface area contributed by atoms with Crippen LogP contribution in [0, 0.1) is 12.8 Å². The smallest absolute Gasteiger partial charge is 0.0659 e. The second kappa shape index (κ2) is 5.17. The fourth-order valence-electron chi connectivity index (χ4n) is 1.95. The summed E-state index contributed by atoms with van der Waals surface area (Å²) in [4.78, 5) is 0. The molecule has 2 aromatic rings. The lowest BCUT2D eigenvalue weighted by atomic mass is 10.1. The average molecular weight is 228 g/mol. The summed E-state index contributed by atoms with van der Waals surface area (Å²) in [7, 11) is 0. The monoisotopic (exact) mass is 228 g/mol. The molecule has 90 valence electrons. The summed E-state index contributed by atoms with van der Waals surface area (Å²) in [5, 5.41) is 4.40. The van der Waals surface area contributed by atoms with Crippen molar-refractivity contribution < 1.29 is 0 Å². The molecular formula is C15H20N2. The largest absolute Gasteiger partial charge is 0.268 e. The van der Waals surface area contributed by atoms with Gasteiger partial charge >= 0.3 is 0 Å². The normalized spacial score (nSPS) is 11.1. The van der Waals surface area contributed by atoms with Crippen LogP contribution in [0.1, 0.15) is 30.5 Å². The second-order valence-corrected chi connectivity index (χ2v) is 5.13. The summed E-state index contributed by atoms with van der Waals surface area (Å²) in [6.45, 7) is 7.44. The first-order chi connectivity index (χ1) is 8.13. The van der Waals surface area contributed by atoms with E-state index in [1.54, 1.807) is 0 Å². The lowest BCUT2D eigenvalue weighted by Crippen LogP contribution is -1.99. The highest BCUT2D eigenvalue weighted by atomic mass is 15.3. The van der Waals surface area contributed by atoms with E-state index in [0.717, 1.165) is 13.0 Å². The van der Waals surface area contributed by atoms with Gasteiger partial charge in [-0.15, -0.1) is 0 Å². The van der Waals surface area contributed by atoms with Crippen LogP contribution in [0.4, 0.5) is 0 Å². The summed E-state index contributed by atoms with van der Waals surface area (Å²) >= 11 is 0. The van der Waals surface area contributed by atoms with Gasteiger partial charge in [-0.2, -0.15) is 5.10 Å². The molecule has 0 aliphatic carbocycles. The van der Waals surface area contributed by atoms with Crippen LogP contribution in [0.15, 0.2) is 36.7 Å². The Bertz CT molecular complexity index is 466. The molecule has 0 spiro atoms. The SMILES string of the molecule is Cc1ccc(Cn2cc(CC(C)C)cn2)cc1. The van der Waals surface area contributed by atoms with Crippen LogP contribution in [0.2, 0.25) is 0 Å². The van der Waals surface area contributed by atoms with Gasteiger partial charge in [0, 0.05) is 6.20 Å². The first kappa shape index (κ1) is 11.9. The highest BCUT2D eigenvalue weighted by Gasteiger charge is 2.02. The molecule has 0 radical (unpaired) electrons. The van der Waals surface area contributed by atoms with E-state index in [4.69, 9.17) is 0 Å². The lowest BCUT2D eigenvalue weighted by molar-refractivity contribution is 0.644. The fourth-order valence-corrected chi connectivity index (χ4v) is 1.95. The van der Waals surface area contributed by atoms with Gasteiger partial charge < -0.3 is 0 Å². The number of nitrogens with zero attached hydrogens (tertiary/aromatic N) is 2. The van der Waals surface area contributed by atoms with Crippen LogP contribution in [-0.2, 0) is 13.0 Å². The van der Waals surface area contributed by atoms with E-state index >= 15 is 0 Å². The Labute approximate surface area is 103 Å². The Morgan fingerprint density at radius 1 is 1.12 bits per heavy atom. The zero-order valence-corrected chi connectivity index (χ0v) is 10.9. The van der Waals surface area contributed by atoms with Gasteiger partial charge in [0.05, 0.1) is 12.7 Å². The topological polar surface area (TPSA) is 17.8 Å². The van der Waals surface area contributed by atoms with Gasteiger partial charge in [0.2, 0.25) is 0 Å². The number of rotatable bonds is 4. The van der Waals surface area contributed by atoms with Crippen molar-refractivity contribution >= 4 is 0 Å². The highest BCUT2D eigenvalue weighted by molar-refractivity contribution is 5.21. The number of aromatic nitrogens is 2. The number of benzene rings is 1. The standard InChI is InChI=1S/C15H20N2/c1-12(2)8-15-9-16-17(11-15)10-14-6-4-13(3)5-7-14/h4-7,9,11-12H,8,10H2,1-3H3. The maximum absolute atomic E-state index is 4.40. The van der Waals surface area contributed by atoms with Crippen molar-refractivity contribution in [2.75, 3.05) is 0 Å². The van der Waals surface area contributed by atoms with Gasteiger partial charge in [-0.05, 0) is 30.4 Å². The van der Waals surface area contributed by atoms with Crippen molar-refractivity contribution in [2.45, 2.75) is 33.7 Å². The van der Waals surface area contributed by atoms with Crippen molar-refractivity contribution in [3.8, 4) is 0 Å². The Morgan fingerprint density at radius 3 is 2.47 bits per heavy atom. The van der Waals surface area contributed by atoms with E-state index in [9.17, 15) is 0 Å². The van der Waals surface area contributed by atoms with Crippen molar-refractivity contribution in [3.63, 3.8) is 0 Å². The molecule has 2 heteroatoms. The average Bonchev–Trinajstić information content (AvgIpc) is 2.68. The minimum Gasteiger partial charge on any atom is -0.268 e. The fraction of sp³-hybridized carbons (Fsp3) is 0.400. The maximum atomic E-state index is 4.40. The number of hydrogen-bond donors (Lipinski definition) is 0. The number of aryl methyl sites for hydroxylation is 1. The second-order valence-electron chi connectivity index (χ2n) is 5.13. The molecule has 2 nitrogen and oxygen atoms in total. The molecule has 0 bridgehead atoms. The third kappa shape index (κ3) is 3.45. The molecule has 1 aromatic heterocycles. The molecular weight excluding hydrogens is 208 g/mol. The van der Waals surface area contributed by atoms with E-state index < -0.39 is 0 Å². The van der Waals surface area contributed by atoms with Gasteiger partial charge in [-0.3, -0.25) is 4.68 Å². The van der Waals surface area contributed by atoms with E-state index in [0.29, 0.717) is 5.92 Å². The molecule has 0 amide bonds. The first-order valence-corrected chi connectivity index (χ1v) is 6.20. The van der Waals surface area contributed by atoms with Crippen LogP contribution in [0.25, 0.3) is 0 Å². The van der Waals surface area contributed by atoms with Gasteiger partial charge in [0.1, 0.15) is 0 Å². The predicted molar refractivity (Wildman–Crippen MR) is 71.1 cm³/mol. The summed E-state index contributed by atoms with van der Waals surface area (Å²) < 4.78 is 2.02. The summed E-state index contributed by atoms with van der Waals surface area (Å²) in [6.07, 6.45) is 5.24. The third-order valence-corrected chi connectivity index (χ3v) is 2.80. The molecule has 0 fully saturated rings. The Morgan fingerprint density at radius 2 is 1.82 bits per heavy atom. The molecule has 0 saturated heterocycles. The van der Waals surface area contributed by atoms with Gasteiger partial charge in [0.25, 0.3) is 0 Å². The van der Waals surface area contributed by atoms with Crippen LogP contribution in [-0.4, -0.2) is 9.78 Å². The molecule has 1 aromatic carbocycles.